The molecule has 1 rings (SSSR count). The Morgan fingerprint density at radius 1 is 1.47 bits per heavy atom. The van der Waals surface area contributed by atoms with Gasteiger partial charge < -0.3 is 14.0 Å². The Morgan fingerprint density at radius 2 is 2.24 bits per heavy atom. The zero-order valence-electron chi connectivity index (χ0n) is 10.1. The molecule has 0 aromatic carbocycles. The monoisotopic (exact) mass is 239 g/mol. The third-order valence-electron chi connectivity index (χ3n) is 2.35. The smallest absolute Gasteiger partial charge is 0.354 e. The highest BCUT2D eigenvalue weighted by molar-refractivity contribution is 5.89. The molecule has 0 atom stereocenters. The van der Waals surface area contributed by atoms with Crippen LogP contribution in [0.25, 0.3) is 0 Å². The second kappa shape index (κ2) is 6.85. The summed E-state index contributed by atoms with van der Waals surface area (Å²) in [5.74, 6) is -0.405. The standard InChI is InChI=1S/C12H17NO4/c1-3-17-12(15)11-6-5-10(9-14)13(11)7-4-8-16-2/h5-6,9H,3-4,7-8H2,1-2H3. The van der Waals surface area contributed by atoms with E-state index in [-0.39, 0.29) is 0 Å². The van der Waals surface area contributed by atoms with Crippen LogP contribution in [0.1, 0.15) is 34.3 Å². The van der Waals surface area contributed by atoms with E-state index in [0.717, 1.165) is 12.7 Å². The van der Waals surface area contributed by atoms with E-state index in [2.05, 4.69) is 0 Å². The summed E-state index contributed by atoms with van der Waals surface area (Å²) >= 11 is 0. The fourth-order valence-corrected chi connectivity index (χ4v) is 1.59. The predicted octanol–water partition coefficient (Wildman–Crippen LogP) is 1.51. The number of carbonyl (C=O) groups is 2. The van der Waals surface area contributed by atoms with Crippen molar-refractivity contribution in [2.45, 2.75) is 19.9 Å². The van der Waals surface area contributed by atoms with Gasteiger partial charge in [-0.2, -0.15) is 0 Å². The fourth-order valence-electron chi connectivity index (χ4n) is 1.59. The summed E-state index contributed by atoms with van der Waals surface area (Å²) in [6.07, 6.45) is 1.47. The summed E-state index contributed by atoms with van der Waals surface area (Å²) in [6, 6.07) is 3.22. The summed E-state index contributed by atoms with van der Waals surface area (Å²) in [6.45, 7) is 3.21. The number of ether oxygens (including phenoxy) is 2. The van der Waals surface area contributed by atoms with Crippen molar-refractivity contribution < 1.29 is 19.1 Å². The van der Waals surface area contributed by atoms with Gasteiger partial charge in [-0.05, 0) is 25.5 Å². The SMILES string of the molecule is CCOC(=O)c1ccc(C=O)n1CCCOC. The van der Waals surface area contributed by atoms with Gasteiger partial charge in [0.15, 0.2) is 6.29 Å². The minimum atomic E-state index is -0.405. The van der Waals surface area contributed by atoms with Crippen molar-refractivity contribution in [2.24, 2.45) is 0 Å². The van der Waals surface area contributed by atoms with E-state index in [0.29, 0.717) is 31.1 Å². The molecule has 1 aromatic heterocycles. The Bertz CT molecular complexity index is 384. The van der Waals surface area contributed by atoms with E-state index in [1.165, 1.54) is 0 Å². The van der Waals surface area contributed by atoms with Gasteiger partial charge in [0.25, 0.3) is 0 Å². The van der Waals surface area contributed by atoms with Crippen LogP contribution in [0.15, 0.2) is 12.1 Å². The van der Waals surface area contributed by atoms with Crippen molar-refractivity contribution in [3.05, 3.63) is 23.5 Å². The van der Waals surface area contributed by atoms with Crippen LogP contribution in [0, 0.1) is 0 Å². The van der Waals surface area contributed by atoms with E-state index < -0.39 is 5.97 Å². The van der Waals surface area contributed by atoms with Gasteiger partial charge in [-0.25, -0.2) is 4.79 Å². The first kappa shape index (κ1) is 13.4. The van der Waals surface area contributed by atoms with Crippen LogP contribution in [0.4, 0.5) is 0 Å². The molecule has 0 aliphatic rings. The lowest BCUT2D eigenvalue weighted by molar-refractivity contribution is 0.0512. The van der Waals surface area contributed by atoms with Crippen molar-refractivity contribution in [1.82, 2.24) is 4.57 Å². The molecule has 0 aliphatic heterocycles. The molecule has 1 aromatic rings. The molecule has 0 fully saturated rings. The maximum Gasteiger partial charge on any atom is 0.354 e. The van der Waals surface area contributed by atoms with Crippen LogP contribution in [0.3, 0.4) is 0 Å². The first-order valence-electron chi connectivity index (χ1n) is 5.55. The highest BCUT2D eigenvalue weighted by Gasteiger charge is 2.15. The van der Waals surface area contributed by atoms with Gasteiger partial charge in [0, 0.05) is 20.3 Å². The average molecular weight is 239 g/mol. The molecule has 0 unspecified atom stereocenters. The molecule has 0 saturated heterocycles. The van der Waals surface area contributed by atoms with Gasteiger partial charge in [-0.3, -0.25) is 4.79 Å². The molecule has 0 radical (unpaired) electrons. The number of rotatable bonds is 7. The number of aldehydes is 1. The second-order valence-corrected chi connectivity index (χ2v) is 3.48. The number of nitrogens with zero attached hydrogens (tertiary/aromatic N) is 1. The minimum Gasteiger partial charge on any atom is -0.461 e. The first-order chi connectivity index (χ1) is 8.24. The number of hydrogen-bond donors (Lipinski definition) is 0. The van der Waals surface area contributed by atoms with Crippen molar-refractivity contribution in [3.63, 3.8) is 0 Å². The summed E-state index contributed by atoms with van der Waals surface area (Å²) in [4.78, 5) is 22.5. The predicted molar refractivity (Wildman–Crippen MR) is 62.3 cm³/mol. The van der Waals surface area contributed by atoms with Crippen LogP contribution < -0.4 is 0 Å². The van der Waals surface area contributed by atoms with E-state index in [4.69, 9.17) is 9.47 Å². The Hall–Kier alpha value is -1.62. The van der Waals surface area contributed by atoms with Gasteiger partial charge in [0.1, 0.15) is 5.69 Å². The van der Waals surface area contributed by atoms with Gasteiger partial charge in [0.2, 0.25) is 0 Å². The molecule has 94 valence electrons. The van der Waals surface area contributed by atoms with E-state index >= 15 is 0 Å². The van der Waals surface area contributed by atoms with Crippen molar-refractivity contribution >= 4 is 12.3 Å². The molecule has 0 spiro atoms. The largest absolute Gasteiger partial charge is 0.461 e. The Balaban J connectivity index is 2.85. The molecule has 0 bridgehead atoms. The normalized spacial score (nSPS) is 10.2. The lowest BCUT2D eigenvalue weighted by Crippen LogP contribution is -2.15. The van der Waals surface area contributed by atoms with E-state index in [1.54, 1.807) is 30.7 Å². The van der Waals surface area contributed by atoms with Gasteiger partial charge in [0.05, 0.1) is 12.3 Å². The van der Waals surface area contributed by atoms with E-state index in [9.17, 15) is 9.59 Å². The van der Waals surface area contributed by atoms with Crippen molar-refractivity contribution in [2.75, 3.05) is 20.3 Å². The van der Waals surface area contributed by atoms with Crippen LogP contribution in [0.5, 0.6) is 0 Å². The Labute approximate surface area is 100 Å². The van der Waals surface area contributed by atoms with Crippen molar-refractivity contribution in [3.8, 4) is 0 Å². The summed E-state index contributed by atoms with van der Waals surface area (Å²) in [5, 5.41) is 0. The van der Waals surface area contributed by atoms with Crippen molar-refractivity contribution in [1.29, 1.82) is 0 Å². The molecule has 5 heteroatoms. The highest BCUT2D eigenvalue weighted by atomic mass is 16.5. The molecule has 0 aliphatic carbocycles. The van der Waals surface area contributed by atoms with Crippen LogP contribution in [-0.4, -0.2) is 37.1 Å². The zero-order valence-corrected chi connectivity index (χ0v) is 10.1. The fraction of sp³-hybridized carbons (Fsp3) is 0.500. The Kier molecular flexibility index (Phi) is 5.42. The molecular formula is C12H17NO4. The second-order valence-electron chi connectivity index (χ2n) is 3.48. The van der Waals surface area contributed by atoms with Gasteiger partial charge >= 0.3 is 5.97 Å². The highest BCUT2D eigenvalue weighted by Crippen LogP contribution is 2.10. The topological polar surface area (TPSA) is 57.5 Å². The third kappa shape index (κ3) is 3.42. The van der Waals surface area contributed by atoms with Crippen LogP contribution in [0.2, 0.25) is 0 Å². The van der Waals surface area contributed by atoms with E-state index in [1.807, 2.05) is 0 Å². The summed E-state index contributed by atoms with van der Waals surface area (Å²) < 4.78 is 11.5. The molecule has 5 nitrogen and oxygen atoms in total. The Morgan fingerprint density at radius 3 is 2.82 bits per heavy atom. The number of esters is 1. The van der Waals surface area contributed by atoms with Gasteiger partial charge in [-0.15, -0.1) is 0 Å². The number of methoxy groups -OCH3 is 1. The van der Waals surface area contributed by atoms with Crippen LogP contribution in [-0.2, 0) is 16.0 Å². The molecule has 0 saturated carbocycles. The number of hydrogen-bond acceptors (Lipinski definition) is 4. The molecule has 17 heavy (non-hydrogen) atoms. The maximum atomic E-state index is 11.6. The quantitative estimate of drug-likeness (QED) is 0.411. The van der Waals surface area contributed by atoms with Gasteiger partial charge in [-0.1, -0.05) is 0 Å². The average Bonchev–Trinajstić information content (AvgIpc) is 2.73. The third-order valence-corrected chi connectivity index (χ3v) is 2.35. The first-order valence-corrected chi connectivity index (χ1v) is 5.55. The zero-order chi connectivity index (χ0) is 12.7. The summed E-state index contributed by atoms with van der Waals surface area (Å²) in [7, 11) is 1.61. The molecule has 1 heterocycles. The molecule has 0 N–H and O–H groups in total. The number of carbonyl (C=O) groups excluding carboxylic acids is 2. The lowest BCUT2D eigenvalue weighted by atomic mass is 10.4. The maximum absolute atomic E-state index is 11.6. The number of aromatic nitrogens is 1. The minimum absolute atomic E-state index is 0.318. The molecule has 0 amide bonds. The summed E-state index contributed by atoms with van der Waals surface area (Å²) in [5.41, 5.74) is 0.884. The molecular weight excluding hydrogens is 222 g/mol. The lowest BCUT2D eigenvalue weighted by Gasteiger charge is -2.09. The van der Waals surface area contributed by atoms with Crippen LogP contribution >= 0.6 is 0 Å².